The molecule has 3 rings (SSSR count). The third-order valence-corrected chi connectivity index (χ3v) is 4.98. The quantitative estimate of drug-likeness (QED) is 0.753. The molecule has 144 valence electrons. The summed E-state index contributed by atoms with van der Waals surface area (Å²) in [6.07, 6.45) is 0.0878. The van der Waals surface area contributed by atoms with Gasteiger partial charge in [0.1, 0.15) is 0 Å². The number of benzene rings is 2. The van der Waals surface area contributed by atoms with Gasteiger partial charge in [-0.3, -0.25) is 4.79 Å². The van der Waals surface area contributed by atoms with Crippen molar-refractivity contribution in [2.75, 3.05) is 38.2 Å². The molecule has 0 N–H and O–H groups in total. The summed E-state index contributed by atoms with van der Waals surface area (Å²) in [7, 11) is 1.60. The first kappa shape index (κ1) is 19.4. The van der Waals surface area contributed by atoms with Crippen LogP contribution in [-0.4, -0.2) is 50.2 Å². The van der Waals surface area contributed by atoms with Gasteiger partial charge in [0, 0.05) is 36.9 Å². The van der Waals surface area contributed by atoms with Crippen LogP contribution in [-0.2, 0) is 4.79 Å². The highest BCUT2D eigenvalue weighted by Crippen LogP contribution is 2.28. The van der Waals surface area contributed by atoms with Gasteiger partial charge in [-0.1, -0.05) is 36.7 Å². The Bertz CT molecular complexity index is 776. The Labute approximate surface area is 165 Å². The summed E-state index contributed by atoms with van der Waals surface area (Å²) in [5.74, 6) is 1.25. The molecule has 1 fully saturated rings. The van der Waals surface area contributed by atoms with Gasteiger partial charge < -0.3 is 19.3 Å². The number of anilines is 1. The number of piperazine rings is 1. The predicted octanol–water partition coefficient (Wildman–Crippen LogP) is 3.85. The van der Waals surface area contributed by atoms with Crippen LogP contribution in [0.3, 0.4) is 0 Å². The molecule has 2 aromatic carbocycles. The van der Waals surface area contributed by atoms with E-state index in [0.29, 0.717) is 31.0 Å². The number of hydrogen-bond donors (Lipinski definition) is 0. The van der Waals surface area contributed by atoms with E-state index in [1.807, 2.05) is 60.4 Å². The maximum Gasteiger partial charge on any atom is 0.263 e. The van der Waals surface area contributed by atoms with Crippen molar-refractivity contribution in [1.29, 1.82) is 0 Å². The van der Waals surface area contributed by atoms with Crippen LogP contribution in [0.5, 0.6) is 11.5 Å². The van der Waals surface area contributed by atoms with Crippen LogP contribution in [0.25, 0.3) is 0 Å². The second kappa shape index (κ2) is 9.00. The molecule has 1 aliphatic rings. The van der Waals surface area contributed by atoms with E-state index in [9.17, 15) is 4.79 Å². The Morgan fingerprint density at radius 3 is 2.41 bits per heavy atom. The number of para-hydroxylation sites is 2. The number of rotatable bonds is 6. The van der Waals surface area contributed by atoms with Crippen LogP contribution in [0.15, 0.2) is 48.5 Å². The molecule has 2 aromatic rings. The van der Waals surface area contributed by atoms with Crippen LogP contribution in [0.4, 0.5) is 5.69 Å². The van der Waals surface area contributed by atoms with Crippen LogP contribution in [0.1, 0.15) is 13.3 Å². The second-order valence-electron chi connectivity index (χ2n) is 6.46. The highest BCUT2D eigenvalue weighted by molar-refractivity contribution is 6.30. The number of hydrogen-bond acceptors (Lipinski definition) is 4. The topological polar surface area (TPSA) is 42.0 Å². The number of amides is 1. The fraction of sp³-hybridized carbons (Fsp3) is 0.381. The molecule has 5 nitrogen and oxygen atoms in total. The second-order valence-corrected chi connectivity index (χ2v) is 6.89. The maximum atomic E-state index is 13.0. The Balaban J connectivity index is 1.61. The van der Waals surface area contributed by atoms with E-state index < -0.39 is 6.10 Å². The summed E-state index contributed by atoms with van der Waals surface area (Å²) >= 11 is 6.09. The van der Waals surface area contributed by atoms with E-state index in [1.165, 1.54) is 0 Å². The molecule has 1 unspecified atom stereocenters. The Morgan fingerprint density at radius 1 is 1.07 bits per heavy atom. The van der Waals surface area contributed by atoms with E-state index >= 15 is 0 Å². The summed E-state index contributed by atoms with van der Waals surface area (Å²) in [4.78, 5) is 17.1. The van der Waals surface area contributed by atoms with E-state index in [4.69, 9.17) is 21.1 Å². The van der Waals surface area contributed by atoms with Gasteiger partial charge in [-0.15, -0.1) is 0 Å². The summed E-state index contributed by atoms with van der Waals surface area (Å²) in [6.45, 7) is 4.84. The molecule has 1 amide bonds. The molecule has 1 saturated heterocycles. The Morgan fingerprint density at radius 2 is 1.78 bits per heavy atom. The maximum absolute atomic E-state index is 13.0. The highest BCUT2D eigenvalue weighted by atomic mass is 35.5. The smallest absolute Gasteiger partial charge is 0.263 e. The molecular formula is C21H25ClN2O3. The largest absolute Gasteiger partial charge is 0.493 e. The molecule has 1 heterocycles. The number of carbonyl (C=O) groups excluding carboxylic acids is 1. The number of carbonyl (C=O) groups is 1. The molecule has 0 radical (unpaired) electrons. The van der Waals surface area contributed by atoms with Gasteiger partial charge >= 0.3 is 0 Å². The monoisotopic (exact) mass is 388 g/mol. The van der Waals surface area contributed by atoms with Crippen molar-refractivity contribution in [2.45, 2.75) is 19.4 Å². The standard InChI is InChI=1S/C21H25ClN2O3/c1-3-18(27-20-10-5-4-9-19(20)26-2)21(25)24-13-11-23(12-14-24)17-8-6-7-16(22)15-17/h4-10,15,18H,3,11-14H2,1-2H3. The average Bonchev–Trinajstić information content (AvgIpc) is 2.72. The fourth-order valence-corrected chi connectivity index (χ4v) is 3.42. The Kier molecular flexibility index (Phi) is 6.45. The lowest BCUT2D eigenvalue weighted by Crippen LogP contribution is -2.52. The highest BCUT2D eigenvalue weighted by Gasteiger charge is 2.28. The minimum Gasteiger partial charge on any atom is -0.493 e. The molecular weight excluding hydrogens is 364 g/mol. The van der Waals surface area contributed by atoms with Gasteiger partial charge in [0.15, 0.2) is 17.6 Å². The number of halogens is 1. The van der Waals surface area contributed by atoms with Crippen LogP contribution in [0, 0.1) is 0 Å². The van der Waals surface area contributed by atoms with Crippen molar-refractivity contribution in [3.63, 3.8) is 0 Å². The first-order valence-corrected chi connectivity index (χ1v) is 9.59. The molecule has 1 atom stereocenters. The minimum absolute atomic E-state index is 0.0224. The van der Waals surface area contributed by atoms with Gasteiger partial charge in [0.25, 0.3) is 5.91 Å². The van der Waals surface area contributed by atoms with Crippen LogP contribution in [0.2, 0.25) is 5.02 Å². The van der Waals surface area contributed by atoms with Gasteiger partial charge in [-0.05, 0) is 36.8 Å². The van der Waals surface area contributed by atoms with Crippen molar-refractivity contribution >= 4 is 23.2 Å². The van der Waals surface area contributed by atoms with Gasteiger partial charge in [0.05, 0.1) is 7.11 Å². The number of nitrogens with zero attached hydrogens (tertiary/aromatic N) is 2. The average molecular weight is 389 g/mol. The molecule has 27 heavy (non-hydrogen) atoms. The van der Waals surface area contributed by atoms with Gasteiger partial charge in [-0.2, -0.15) is 0 Å². The third kappa shape index (κ3) is 4.66. The molecule has 0 aromatic heterocycles. The molecule has 0 saturated carbocycles. The van der Waals surface area contributed by atoms with Crippen molar-refractivity contribution < 1.29 is 14.3 Å². The normalized spacial score (nSPS) is 15.4. The van der Waals surface area contributed by atoms with Crippen molar-refractivity contribution in [1.82, 2.24) is 4.90 Å². The zero-order chi connectivity index (χ0) is 19.2. The molecule has 6 heteroatoms. The summed E-state index contributed by atoms with van der Waals surface area (Å²) in [6, 6.07) is 15.2. The zero-order valence-electron chi connectivity index (χ0n) is 15.7. The fourth-order valence-electron chi connectivity index (χ4n) is 3.24. The minimum atomic E-state index is -0.515. The van der Waals surface area contributed by atoms with E-state index in [1.54, 1.807) is 7.11 Å². The van der Waals surface area contributed by atoms with E-state index in [0.717, 1.165) is 23.8 Å². The summed E-state index contributed by atoms with van der Waals surface area (Å²) < 4.78 is 11.3. The first-order chi connectivity index (χ1) is 13.1. The molecule has 1 aliphatic heterocycles. The van der Waals surface area contributed by atoms with E-state index in [2.05, 4.69) is 4.90 Å². The van der Waals surface area contributed by atoms with E-state index in [-0.39, 0.29) is 5.91 Å². The van der Waals surface area contributed by atoms with Crippen molar-refractivity contribution in [3.8, 4) is 11.5 Å². The lowest BCUT2D eigenvalue weighted by atomic mass is 10.2. The van der Waals surface area contributed by atoms with Crippen LogP contribution >= 0.6 is 11.6 Å². The molecule has 0 spiro atoms. The van der Waals surface area contributed by atoms with Crippen LogP contribution < -0.4 is 14.4 Å². The van der Waals surface area contributed by atoms with Gasteiger partial charge in [-0.25, -0.2) is 0 Å². The summed E-state index contributed by atoms with van der Waals surface area (Å²) in [5, 5.41) is 0.724. The molecule has 0 aliphatic carbocycles. The lowest BCUT2D eigenvalue weighted by molar-refractivity contribution is -0.139. The van der Waals surface area contributed by atoms with Crippen molar-refractivity contribution in [2.24, 2.45) is 0 Å². The summed E-state index contributed by atoms with van der Waals surface area (Å²) in [5.41, 5.74) is 1.09. The zero-order valence-corrected chi connectivity index (χ0v) is 16.5. The third-order valence-electron chi connectivity index (χ3n) is 4.75. The van der Waals surface area contributed by atoms with Crippen molar-refractivity contribution in [3.05, 3.63) is 53.6 Å². The predicted molar refractivity (Wildman–Crippen MR) is 108 cm³/mol. The lowest BCUT2D eigenvalue weighted by Gasteiger charge is -2.37. The Hall–Kier alpha value is -2.40. The molecule has 0 bridgehead atoms. The first-order valence-electron chi connectivity index (χ1n) is 9.21. The number of ether oxygens (including phenoxy) is 2. The van der Waals surface area contributed by atoms with Gasteiger partial charge in [0.2, 0.25) is 0 Å². The SMILES string of the molecule is CCC(Oc1ccccc1OC)C(=O)N1CCN(c2cccc(Cl)c2)CC1. The number of methoxy groups -OCH3 is 1.